The first kappa shape index (κ1) is 14.7. The van der Waals surface area contributed by atoms with E-state index in [1.165, 1.54) is 6.07 Å². The zero-order valence-electron chi connectivity index (χ0n) is 13.8. The van der Waals surface area contributed by atoms with E-state index in [9.17, 15) is 10.2 Å². The van der Waals surface area contributed by atoms with Crippen molar-refractivity contribution < 1.29 is 24.4 Å². The molecule has 0 radical (unpaired) electrons. The van der Waals surface area contributed by atoms with Crippen LogP contribution in [-0.2, 0) is 12.0 Å². The fourth-order valence-electron chi connectivity index (χ4n) is 3.89. The van der Waals surface area contributed by atoms with Crippen LogP contribution in [0.15, 0.2) is 42.5 Å². The first-order valence-electron chi connectivity index (χ1n) is 8.30. The van der Waals surface area contributed by atoms with E-state index in [2.05, 4.69) is 6.58 Å². The van der Waals surface area contributed by atoms with E-state index < -0.39 is 11.7 Å². The summed E-state index contributed by atoms with van der Waals surface area (Å²) < 4.78 is 17.8. The van der Waals surface area contributed by atoms with Gasteiger partial charge in [0.25, 0.3) is 0 Å². The van der Waals surface area contributed by atoms with Crippen molar-refractivity contribution in [3.63, 3.8) is 0 Å². The molecule has 0 amide bonds. The lowest BCUT2D eigenvalue weighted by Gasteiger charge is -2.35. The van der Waals surface area contributed by atoms with Crippen molar-refractivity contribution >= 4 is 0 Å². The number of fused-ring (bicyclic) bond motifs is 6. The monoisotopic (exact) mass is 338 g/mol. The van der Waals surface area contributed by atoms with Gasteiger partial charge >= 0.3 is 0 Å². The lowest BCUT2D eigenvalue weighted by atomic mass is 9.84. The van der Waals surface area contributed by atoms with Gasteiger partial charge in [0.1, 0.15) is 35.7 Å². The summed E-state index contributed by atoms with van der Waals surface area (Å²) in [5, 5.41) is 20.9. The van der Waals surface area contributed by atoms with Crippen LogP contribution in [0, 0.1) is 0 Å². The average molecular weight is 338 g/mol. The second-order valence-corrected chi connectivity index (χ2v) is 7.05. The molecule has 0 aromatic heterocycles. The lowest BCUT2D eigenvalue weighted by Crippen LogP contribution is -2.41. The Bertz CT molecular complexity index is 919. The Hall–Kier alpha value is -2.66. The highest BCUT2D eigenvalue weighted by Gasteiger charge is 2.53. The molecule has 0 saturated heterocycles. The molecule has 25 heavy (non-hydrogen) atoms. The van der Waals surface area contributed by atoms with Gasteiger partial charge < -0.3 is 24.4 Å². The quantitative estimate of drug-likeness (QED) is 0.783. The number of aliphatic hydroxyl groups is 1. The Morgan fingerprint density at radius 3 is 2.80 bits per heavy atom. The molecule has 0 bridgehead atoms. The largest absolute Gasteiger partial charge is 0.508 e. The van der Waals surface area contributed by atoms with E-state index in [0.717, 1.165) is 28.9 Å². The molecule has 2 aromatic rings. The van der Waals surface area contributed by atoms with Crippen LogP contribution in [0.2, 0.25) is 0 Å². The fraction of sp³-hybridized carbons (Fsp3) is 0.300. The van der Waals surface area contributed by atoms with E-state index in [1.54, 1.807) is 12.1 Å². The number of aromatic hydroxyl groups is 1. The maximum atomic E-state index is 11.2. The minimum absolute atomic E-state index is 0.0311. The predicted molar refractivity (Wildman–Crippen MR) is 90.2 cm³/mol. The van der Waals surface area contributed by atoms with Gasteiger partial charge in [0.2, 0.25) is 0 Å². The Balaban J connectivity index is 1.59. The van der Waals surface area contributed by atoms with Crippen molar-refractivity contribution in [2.24, 2.45) is 0 Å². The molecule has 3 aliphatic heterocycles. The Morgan fingerprint density at radius 2 is 2.00 bits per heavy atom. The van der Waals surface area contributed by atoms with Gasteiger partial charge in [-0.1, -0.05) is 6.58 Å². The molecule has 3 atom stereocenters. The number of hydrogen-bond acceptors (Lipinski definition) is 5. The SMILES string of the molecule is C=C(C)[C@@H]1Cc2cc3c(cc2O1)OCC1(O)c2ccc(O)cc2OC31. The molecule has 3 aliphatic rings. The maximum absolute atomic E-state index is 11.2. The zero-order valence-corrected chi connectivity index (χ0v) is 13.8. The highest BCUT2D eigenvalue weighted by Crippen LogP contribution is 2.55. The molecule has 128 valence electrons. The van der Waals surface area contributed by atoms with E-state index in [-0.39, 0.29) is 18.5 Å². The molecule has 5 nitrogen and oxygen atoms in total. The van der Waals surface area contributed by atoms with Gasteiger partial charge in [-0.25, -0.2) is 0 Å². The van der Waals surface area contributed by atoms with E-state index in [1.807, 2.05) is 19.1 Å². The number of phenolic OH excluding ortho intramolecular Hbond substituents is 1. The van der Waals surface area contributed by atoms with E-state index >= 15 is 0 Å². The lowest BCUT2D eigenvalue weighted by molar-refractivity contribution is -0.0864. The van der Waals surface area contributed by atoms with Crippen molar-refractivity contribution in [1.82, 2.24) is 0 Å². The Morgan fingerprint density at radius 1 is 1.16 bits per heavy atom. The second kappa shape index (κ2) is 4.70. The van der Waals surface area contributed by atoms with E-state index in [4.69, 9.17) is 14.2 Å². The van der Waals surface area contributed by atoms with Crippen LogP contribution in [0.3, 0.4) is 0 Å². The van der Waals surface area contributed by atoms with Gasteiger partial charge in [0.15, 0.2) is 11.7 Å². The molecular weight excluding hydrogens is 320 g/mol. The standard InChI is InChI=1S/C20H18O5/c1-10(2)15-6-11-5-13-17(8-16(11)24-15)23-9-20(22)14-4-3-12(21)7-18(14)25-19(13)20/h3-5,7-8,15,19,21-22H,1,6,9H2,2H3/t15-,19?,20?/m0/s1. The van der Waals surface area contributed by atoms with Crippen LogP contribution in [-0.4, -0.2) is 22.9 Å². The van der Waals surface area contributed by atoms with E-state index in [0.29, 0.717) is 17.1 Å². The van der Waals surface area contributed by atoms with Crippen molar-refractivity contribution in [3.05, 3.63) is 59.2 Å². The molecule has 2 N–H and O–H groups in total. The summed E-state index contributed by atoms with van der Waals surface area (Å²) >= 11 is 0. The number of hydrogen-bond donors (Lipinski definition) is 2. The van der Waals surface area contributed by atoms with Gasteiger partial charge in [-0.3, -0.25) is 0 Å². The van der Waals surface area contributed by atoms with Crippen LogP contribution in [0.4, 0.5) is 0 Å². The van der Waals surface area contributed by atoms with Crippen molar-refractivity contribution in [2.45, 2.75) is 31.2 Å². The maximum Gasteiger partial charge on any atom is 0.168 e. The zero-order chi connectivity index (χ0) is 17.3. The predicted octanol–water partition coefficient (Wildman–Crippen LogP) is 2.99. The average Bonchev–Trinajstić information content (AvgIpc) is 3.11. The second-order valence-electron chi connectivity index (χ2n) is 7.05. The highest BCUT2D eigenvalue weighted by atomic mass is 16.5. The van der Waals surface area contributed by atoms with Gasteiger partial charge in [-0.2, -0.15) is 0 Å². The normalized spacial score (nSPS) is 27.9. The Labute approximate surface area is 145 Å². The number of rotatable bonds is 1. The minimum atomic E-state index is -1.27. The van der Waals surface area contributed by atoms with Gasteiger partial charge in [-0.05, 0) is 36.3 Å². The molecule has 0 saturated carbocycles. The number of phenols is 1. The van der Waals surface area contributed by atoms with Crippen LogP contribution in [0.5, 0.6) is 23.0 Å². The third-order valence-electron chi connectivity index (χ3n) is 5.26. The smallest absolute Gasteiger partial charge is 0.168 e. The van der Waals surface area contributed by atoms with Gasteiger partial charge in [0, 0.05) is 29.7 Å². The summed E-state index contributed by atoms with van der Waals surface area (Å²) in [6.45, 7) is 6.01. The molecule has 2 aromatic carbocycles. The molecule has 0 aliphatic carbocycles. The minimum Gasteiger partial charge on any atom is -0.508 e. The van der Waals surface area contributed by atoms with Crippen LogP contribution < -0.4 is 14.2 Å². The molecule has 3 heterocycles. The van der Waals surface area contributed by atoms with Gasteiger partial charge in [0.05, 0.1) is 0 Å². The fourth-order valence-corrected chi connectivity index (χ4v) is 3.89. The molecule has 5 rings (SSSR count). The third kappa shape index (κ3) is 1.93. The van der Waals surface area contributed by atoms with Crippen LogP contribution in [0.1, 0.15) is 29.7 Å². The molecule has 0 spiro atoms. The van der Waals surface area contributed by atoms with Gasteiger partial charge in [-0.15, -0.1) is 0 Å². The molecule has 2 unspecified atom stereocenters. The third-order valence-corrected chi connectivity index (χ3v) is 5.26. The van der Waals surface area contributed by atoms with Crippen LogP contribution >= 0.6 is 0 Å². The molecular formula is C20H18O5. The summed E-state index contributed by atoms with van der Waals surface area (Å²) in [5.41, 5.74) is 2.21. The van der Waals surface area contributed by atoms with Crippen molar-refractivity contribution in [2.75, 3.05) is 6.61 Å². The van der Waals surface area contributed by atoms with Crippen molar-refractivity contribution in [1.29, 1.82) is 0 Å². The summed E-state index contributed by atoms with van der Waals surface area (Å²) in [7, 11) is 0. The van der Waals surface area contributed by atoms with Crippen molar-refractivity contribution in [3.8, 4) is 23.0 Å². The first-order valence-corrected chi connectivity index (χ1v) is 8.30. The first-order chi connectivity index (χ1) is 12.0. The van der Waals surface area contributed by atoms with Crippen LogP contribution in [0.25, 0.3) is 0 Å². The summed E-state index contributed by atoms with van der Waals surface area (Å²) in [5.74, 6) is 2.05. The highest BCUT2D eigenvalue weighted by molar-refractivity contribution is 5.56. The summed E-state index contributed by atoms with van der Waals surface area (Å²) in [6.07, 6.45) is 0.148. The molecule has 0 fully saturated rings. The topological polar surface area (TPSA) is 68.2 Å². The Kier molecular flexibility index (Phi) is 2.76. The summed E-state index contributed by atoms with van der Waals surface area (Å²) in [6, 6.07) is 8.63. The molecule has 5 heteroatoms. The number of benzene rings is 2. The number of ether oxygens (including phenoxy) is 3. The summed E-state index contributed by atoms with van der Waals surface area (Å²) in [4.78, 5) is 0.